The van der Waals surface area contributed by atoms with Gasteiger partial charge in [0.2, 0.25) is 10.8 Å². The Hall–Kier alpha value is -3.13. The van der Waals surface area contributed by atoms with E-state index in [9.17, 15) is 0 Å². The molecule has 25 heavy (non-hydrogen) atoms. The summed E-state index contributed by atoms with van der Waals surface area (Å²) in [5.74, 6) is 0.689. The maximum atomic E-state index is 4.71. The van der Waals surface area contributed by atoms with Gasteiger partial charge in [-0.1, -0.05) is 17.4 Å². The summed E-state index contributed by atoms with van der Waals surface area (Å²) in [6.45, 7) is 3.94. The zero-order valence-electron chi connectivity index (χ0n) is 13.6. The van der Waals surface area contributed by atoms with Gasteiger partial charge >= 0.3 is 0 Å². The quantitative estimate of drug-likeness (QED) is 0.490. The summed E-state index contributed by atoms with van der Waals surface area (Å²) in [5.41, 5.74) is 4.63. The molecule has 7 nitrogen and oxygen atoms in total. The zero-order chi connectivity index (χ0) is 17.0. The van der Waals surface area contributed by atoms with E-state index in [0.717, 1.165) is 38.3 Å². The third-order valence-corrected chi connectivity index (χ3v) is 5.01. The Labute approximate surface area is 146 Å². The van der Waals surface area contributed by atoms with Crippen molar-refractivity contribution in [1.82, 2.24) is 34.2 Å². The number of rotatable bonds is 2. The molecule has 5 aromatic heterocycles. The van der Waals surface area contributed by atoms with Gasteiger partial charge < -0.3 is 0 Å². The van der Waals surface area contributed by atoms with Crippen LogP contribution in [0.3, 0.4) is 0 Å². The lowest BCUT2D eigenvalue weighted by Gasteiger charge is -1.99. The summed E-state index contributed by atoms with van der Waals surface area (Å²) < 4.78 is 3.79. The van der Waals surface area contributed by atoms with Crippen LogP contribution >= 0.6 is 11.3 Å². The first-order valence-corrected chi connectivity index (χ1v) is 8.62. The number of hydrogen-bond acceptors (Lipinski definition) is 6. The SMILES string of the molecule is Cc1ccc(-c2nn3c(-c4c(C)nc5ccccn45)nnc3s2)cn1. The predicted molar refractivity (Wildman–Crippen MR) is 95.6 cm³/mol. The van der Waals surface area contributed by atoms with Crippen LogP contribution in [0.25, 0.3) is 32.7 Å². The van der Waals surface area contributed by atoms with Crippen molar-refractivity contribution in [2.45, 2.75) is 13.8 Å². The van der Waals surface area contributed by atoms with Gasteiger partial charge in [-0.2, -0.15) is 9.61 Å². The van der Waals surface area contributed by atoms with Crippen LogP contribution in [-0.4, -0.2) is 34.2 Å². The number of aromatic nitrogens is 7. The second kappa shape index (κ2) is 5.18. The minimum absolute atomic E-state index is 0.689. The summed E-state index contributed by atoms with van der Waals surface area (Å²) >= 11 is 1.49. The molecule has 5 aromatic rings. The molecule has 0 radical (unpaired) electrons. The van der Waals surface area contributed by atoms with Gasteiger partial charge in [-0.3, -0.25) is 9.38 Å². The molecule has 0 unspecified atom stereocenters. The van der Waals surface area contributed by atoms with E-state index in [1.807, 2.05) is 61.0 Å². The fourth-order valence-electron chi connectivity index (χ4n) is 2.86. The largest absolute Gasteiger partial charge is 0.297 e. The molecule has 0 spiro atoms. The van der Waals surface area contributed by atoms with Crippen molar-refractivity contribution in [1.29, 1.82) is 0 Å². The van der Waals surface area contributed by atoms with Crippen LogP contribution in [0.15, 0.2) is 42.7 Å². The lowest BCUT2D eigenvalue weighted by atomic mass is 10.3. The molecule has 122 valence electrons. The molecule has 0 saturated heterocycles. The van der Waals surface area contributed by atoms with Crippen LogP contribution < -0.4 is 0 Å². The third kappa shape index (κ3) is 2.14. The van der Waals surface area contributed by atoms with Crippen molar-refractivity contribution in [3.05, 3.63) is 54.1 Å². The highest BCUT2D eigenvalue weighted by molar-refractivity contribution is 7.19. The Morgan fingerprint density at radius 3 is 2.80 bits per heavy atom. The van der Waals surface area contributed by atoms with Crippen molar-refractivity contribution >= 4 is 21.9 Å². The van der Waals surface area contributed by atoms with Crippen molar-refractivity contribution in [3.8, 4) is 22.1 Å². The number of nitrogens with zero attached hydrogens (tertiary/aromatic N) is 7. The number of aryl methyl sites for hydroxylation is 2. The maximum absolute atomic E-state index is 4.71. The van der Waals surface area contributed by atoms with Gasteiger partial charge in [-0.25, -0.2) is 4.98 Å². The molecule has 5 rings (SSSR count). The monoisotopic (exact) mass is 347 g/mol. The van der Waals surface area contributed by atoms with E-state index >= 15 is 0 Å². The summed E-state index contributed by atoms with van der Waals surface area (Å²) in [4.78, 5) is 9.69. The summed E-state index contributed by atoms with van der Waals surface area (Å²) in [6, 6.07) is 9.91. The molecule has 0 fully saturated rings. The minimum Gasteiger partial charge on any atom is -0.297 e. The minimum atomic E-state index is 0.689. The molecule has 0 amide bonds. The van der Waals surface area contributed by atoms with Crippen molar-refractivity contribution < 1.29 is 0 Å². The van der Waals surface area contributed by atoms with Crippen LogP contribution in [0.1, 0.15) is 11.4 Å². The normalized spacial score (nSPS) is 11.6. The van der Waals surface area contributed by atoms with Gasteiger partial charge in [0, 0.05) is 23.7 Å². The average molecular weight is 347 g/mol. The number of fused-ring (bicyclic) bond motifs is 2. The maximum Gasteiger partial charge on any atom is 0.235 e. The number of imidazole rings is 1. The van der Waals surface area contributed by atoms with Crippen LogP contribution in [-0.2, 0) is 0 Å². The van der Waals surface area contributed by atoms with Gasteiger partial charge in [0.25, 0.3) is 0 Å². The molecule has 0 N–H and O–H groups in total. The lowest BCUT2D eigenvalue weighted by Crippen LogP contribution is -1.96. The molecule has 0 atom stereocenters. The van der Waals surface area contributed by atoms with Gasteiger partial charge in [-0.05, 0) is 38.1 Å². The van der Waals surface area contributed by atoms with Crippen LogP contribution in [0.4, 0.5) is 0 Å². The highest BCUT2D eigenvalue weighted by atomic mass is 32.1. The van der Waals surface area contributed by atoms with E-state index in [1.54, 1.807) is 4.52 Å². The van der Waals surface area contributed by atoms with E-state index in [4.69, 9.17) is 5.10 Å². The highest BCUT2D eigenvalue weighted by Gasteiger charge is 2.20. The standard InChI is InChI=1S/C17H13N7S/c1-10-6-7-12(9-18-10)16-22-24-15(20-21-17(24)25-16)14-11(2)19-13-5-3-4-8-23(13)14/h3-9H,1-2H3. The molecule has 0 aliphatic heterocycles. The summed E-state index contributed by atoms with van der Waals surface area (Å²) in [7, 11) is 0. The first-order chi connectivity index (χ1) is 12.2. The van der Waals surface area contributed by atoms with E-state index in [-0.39, 0.29) is 0 Å². The van der Waals surface area contributed by atoms with E-state index in [0.29, 0.717) is 5.82 Å². The summed E-state index contributed by atoms with van der Waals surface area (Å²) in [6.07, 6.45) is 3.81. The topological polar surface area (TPSA) is 73.3 Å². The first kappa shape index (κ1) is 14.2. The molecule has 5 heterocycles. The Balaban J connectivity index is 1.72. The number of hydrogen-bond donors (Lipinski definition) is 0. The first-order valence-electron chi connectivity index (χ1n) is 7.80. The fraction of sp³-hybridized carbons (Fsp3) is 0.118. The molecular formula is C17H13N7S. The van der Waals surface area contributed by atoms with Crippen LogP contribution in [0.2, 0.25) is 0 Å². The van der Waals surface area contributed by atoms with Gasteiger partial charge in [0.1, 0.15) is 16.3 Å². The lowest BCUT2D eigenvalue weighted by molar-refractivity contribution is 0.953. The fourth-order valence-corrected chi connectivity index (χ4v) is 3.69. The number of pyridine rings is 2. The Morgan fingerprint density at radius 2 is 1.96 bits per heavy atom. The Bertz CT molecular complexity index is 1210. The molecule has 0 aliphatic rings. The van der Waals surface area contributed by atoms with Crippen molar-refractivity contribution in [3.63, 3.8) is 0 Å². The van der Waals surface area contributed by atoms with Crippen LogP contribution in [0.5, 0.6) is 0 Å². The molecule has 8 heteroatoms. The zero-order valence-corrected chi connectivity index (χ0v) is 14.4. The molecule has 0 saturated carbocycles. The van der Waals surface area contributed by atoms with E-state index in [1.165, 1.54) is 11.3 Å². The second-order valence-corrected chi connectivity index (χ2v) is 6.74. The summed E-state index contributed by atoms with van der Waals surface area (Å²) in [5, 5.41) is 14.2. The molecule has 0 aliphatic carbocycles. The van der Waals surface area contributed by atoms with Crippen LogP contribution in [0, 0.1) is 13.8 Å². The Morgan fingerprint density at radius 1 is 1.04 bits per heavy atom. The second-order valence-electron chi connectivity index (χ2n) is 5.79. The van der Waals surface area contributed by atoms with Gasteiger partial charge in [0.15, 0.2) is 0 Å². The molecule has 0 aromatic carbocycles. The predicted octanol–water partition coefficient (Wildman–Crippen LogP) is 3.18. The van der Waals surface area contributed by atoms with Crippen molar-refractivity contribution in [2.75, 3.05) is 0 Å². The smallest absolute Gasteiger partial charge is 0.235 e. The van der Waals surface area contributed by atoms with Crippen molar-refractivity contribution in [2.24, 2.45) is 0 Å². The average Bonchev–Trinajstić information content (AvgIpc) is 3.27. The van der Waals surface area contributed by atoms with E-state index < -0.39 is 0 Å². The highest BCUT2D eigenvalue weighted by Crippen LogP contribution is 2.29. The molecule has 0 bridgehead atoms. The van der Waals surface area contributed by atoms with E-state index in [2.05, 4.69) is 20.2 Å². The van der Waals surface area contributed by atoms with Gasteiger partial charge in [-0.15, -0.1) is 10.2 Å². The Kier molecular flexibility index (Phi) is 2.95. The molecular weight excluding hydrogens is 334 g/mol. The van der Waals surface area contributed by atoms with Gasteiger partial charge in [0.05, 0.1) is 5.69 Å². The third-order valence-electron chi connectivity index (χ3n) is 4.07.